The summed E-state index contributed by atoms with van der Waals surface area (Å²) in [6.07, 6.45) is 4.46. The number of hydrogen-bond acceptors (Lipinski definition) is 2. The van der Waals surface area contributed by atoms with Crippen LogP contribution < -0.4 is 0 Å². The van der Waals surface area contributed by atoms with Gasteiger partial charge in [0.1, 0.15) is 0 Å². The van der Waals surface area contributed by atoms with Crippen molar-refractivity contribution in [3.05, 3.63) is 53.1 Å². The van der Waals surface area contributed by atoms with Crippen molar-refractivity contribution in [2.45, 2.75) is 18.6 Å². The fourth-order valence-electron chi connectivity index (χ4n) is 2.41. The van der Waals surface area contributed by atoms with Crippen LogP contribution in [0, 0.1) is 0 Å². The Kier molecular flexibility index (Phi) is 1.67. The van der Waals surface area contributed by atoms with Crippen molar-refractivity contribution < 1.29 is 10.2 Å². The first kappa shape index (κ1) is 8.89. The maximum Gasteiger partial charge on any atom is 0.186 e. The molecule has 2 N–H and O–H groups in total. The molecule has 0 fully saturated rings. The highest BCUT2D eigenvalue weighted by atomic mass is 16.5. The van der Waals surface area contributed by atoms with Crippen LogP contribution in [0.15, 0.2) is 42.0 Å². The fourth-order valence-corrected chi connectivity index (χ4v) is 2.41. The van der Waals surface area contributed by atoms with Gasteiger partial charge >= 0.3 is 0 Å². The largest absolute Gasteiger partial charge is 0.362 e. The molecule has 0 saturated carbocycles. The van der Waals surface area contributed by atoms with E-state index in [4.69, 9.17) is 0 Å². The number of allylic oxidation sites excluding steroid dienone is 2. The van der Waals surface area contributed by atoms with Gasteiger partial charge < -0.3 is 10.2 Å². The van der Waals surface area contributed by atoms with Gasteiger partial charge in [-0.25, -0.2) is 0 Å². The van der Waals surface area contributed by atoms with E-state index in [0.29, 0.717) is 6.42 Å². The first-order valence-corrected chi connectivity index (χ1v) is 5.10. The van der Waals surface area contributed by atoms with E-state index < -0.39 is 5.79 Å². The molecule has 0 bridgehead atoms. The average Bonchev–Trinajstić information content (AvgIpc) is 2.52. The molecule has 2 aliphatic carbocycles. The molecule has 0 radical (unpaired) electrons. The monoisotopic (exact) mass is 200 g/mol. The second-order valence-electron chi connectivity index (χ2n) is 4.24. The van der Waals surface area contributed by atoms with Crippen molar-refractivity contribution in [3.8, 4) is 0 Å². The van der Waals surface area contributed by atoms with Gasteiger partial charge in [0.25, 0.3) is 0 Å². The molecule has 0 unspecified atom stereocenters. The molecule has 0 amide bonds. The molecule has 0 heterocycles. The SMILES string of the molecule is OC1(O)C=CC2=C(Cc3ccccc32)C1. The van der Waals surface area contributed by atoms with Gasteiger partial charge in [-0.3, -0.25) is 0 Å². The Morgan fingerprint density at radius 3 is 2.80 bits per heavy atom. The van der Waals surface area contributed by atoms with Crippen LogP contribution in [-0.4, -0.2) is 16.0 Å². The van der Waals surface area contributed by atoms with E-state index in [0.717, 1.165) is 12.0 Å². The van der Waals surface area contributed by atoms with Gasteiger partial charge in [-0.2, -0.15) is 0 Å². The molecule has 2 aliphatic rings. The van der Waals surface area contributed by atoms with Crippen molar-refractivity contribution in [3.63, 3.8) is 0 Å². The quantitative estimate of drug-likeness (QED) is 0.625. The minimum Gasteiger partial charge on any atom is -0.362 e. The maximum absolute atomic E-state index is 9.54. The van der Waals surface area contributed by atoms with E-state index in [1.807, 2.05) is 18.2 Å². The van der Waals surface area contributed by atoms with Crippen LogP contribution in [0.5, 0.6) is 0 Å². The summed E-state index contributed by atoms with van der Waals surface area (Å²) in [7, 11) is 0. The molecule has 2 heteroatoms. The third-order valence-electron chi connectivity index (χ3n) is 3.08. The third-order valence-corrected chi connectivity index (χ3v) is 3.08. The summed E-state index contributed by atoms with van der Waals surface area (Å²) in [6, 6.07) is 8.22. The summed E-state index contributed by atoms with van der Waals surface area (Å²) in [4.78, 5) is 0. The van der Waals surface area contributed by atoms with E-state index >= 15 is 0 Å². The Balaban J connectivity index is 2.08. The Labute approximate surface area is 88.2 Å². The Hall–Kier alpha value is -1.38. The molecule has 0 saturated heterocycles. The number of rotatable bonds is 0. The van der Waals surface area contributed by atoms with Gasteiger partial charge in [0.2, 0.25) is 0 Å². The zero-order valence-corrected chi connectivity index (χ0v) is 8.27. The summed E-state index contributed by atoms with van der Waals surface area (Å²) in [5, 5.41) is 19.1. The molecular weight excluding hydrogens is 188 g/mol. The fraction of sp³-hybridized carbons (Fsp3) is 0.231. The molecular formula is C13H12O2. The van der Waals surface area contributed by atoms with Crippen LogP contribution in [0.3, 0.4) is 0 Å². The predicted octanol–water partition coefficient (Wildman–Crippen LogP) is 1.64. The smallest absolute Gasteiger partial charge is 0.186 e. The van der Waals surface area contributed by atoms with Gasteiger partial charge in [-0.15, -0.1) is 0 Å². The van der Waals surface area contributed by atoms with Crippen LogP contribution in [0.1, 0.15) is 17.5 Å². The van der Waals surface area contributed by atoms with E-state index in [-0.39, 0.29) is 0 Å². The second kappa shape index (κ2) is 2.81. The second-order valence-corrected chi connectivity index (χ2v) is 4.24. The van der Waals surface area contributed by atoms with Gasteiger partial charge in [0.05, 0.1) is 0 Å². The standard InChI is InChI=1S/C13H12O2/c14-13(15)6-5-12-10(8-13)7-9-3-1-2-4-11(9)12/h1-6,14-15H,7-8H2. The highest BCUT2D eigenvalue weighted by Gasteiger charge is 2.30. The summed E-state index contributed by atoms with van der Waals surface area (Å²) >= 11 is 0. The van der Waals surface area contributed by atoms with E-state index in [1.165, 1.54) is 22.8 Å². The number of fused-ring (bicyclic) bond motifs is 2. The van der Waals surface area contributed by atoms with Crippen LogP contribution in [0.25, 0.3) is 5.57 Å². The zero-order valence-electron chi connectivity index (χ0n) is 8.27. The summed E-state index contributed by atoms with van der Waals surface area (Å²) in [6.45, 7) is 0. The van der Waals surface area contributed by atoms with Gasteiger partial charge in [-0.1, -0.05) is 35.9 Å². The number of hydrogen-bond donors (Lipinski definition) is 2. The lowest BCUT2D eigenvalue weighted by Crippen LogP contribution is -2.27. The molecule has 0 aliphatic heterocycles. The van der Waals surface area contributed by atoms with Gasteiger partial charge in [0.15, 0.2) is 5.79 Å². The minimum absolute atomic E-state index is 0.327. The van der Waals surface area contributed by atoms with Crippen molar-refractivity contribution in [1.82, 2.24) is 0 Å². The Morgan fingerprint density at radius 1 is 1.13 bits per heavy atom. The molecule has 3 rings (SSSR count). The van der Waals surface area contributed by atoms with Crippen LogP contribution in [0.4, 0.5) is 0 Å². The lowest BCUT2D eigenvalue weighted by molar-refractivity contribution is -0.117. The normalized spacial score (nSPS) is 21.5. The average molecular weight is 200 g/mol. The van der Waals surface area contributed by atoms with Crippen molar-refractivity contribution in [1.29, 1.82) is 0 Å². The lowest BCUT2D eigenvalue weighted by atomic mass is 9.94. The molecule has 1 aromatic carbocycles. The molecule has 1 aromatic rings. The highest BCUT2D eigenvalue weighted by molar-refractivity contribution is 5.84. The van der Waals surface area contributed by atoms with E-state index in [9.17, 15) is 10.2 Å². The summed E-state index contributed by atoms with van der Waals surface area (Å²) < 4.78 is 0. The number of benzene rings is 1. The van der Waals surface area contributed by atoms with Crippen LogP contribution >= 0.6 is 0 Å². The Bertz CT molecular complexity index is 481. The van der Waals surface area contributed by atoms with Crippen LogP contribution in [0.2, 0.25) is 0 Å². The van der Waals surface area contributed by atoms with Crippen molar-refractivity contribution >= 4 is 5.57 Å². The molecule has 76 valence electrons. The molecule has 0 spiro atoms. The van der Waals surface area contributed by atoms with E-state index in [1.54, 1.807) is 0 Å². The first-order valence-electron chi connectivity index (χ1n) is 5.10. The summed E-state index contributed by atoms with van der Waals surface area (Å²) in [5.41, 5.74) is 4.82. The topological polar surface area (TPSA) is 40.5 Å². The predicted molar refractivity (Wildman–Crippen MR) is 58.0 cm³/mol. The molecule has 0 aromatic heterocycles. The lowest BCUT2D eigenvalue weighted by Gasteiger charge is -2.22. The highest BCUT2D eigenvalue weighted by Crippen LogP contribution is 2.40. The number of aliphatic hydroxyl groups is 2. The van der Waals surface area contributed by atoms with Crippen molar-refractivity contribution in [2.24, 2.45) is 0 Å². The van der Waals surface area contributed by atoms with Gasteiger partial charge in [0, 0.05) is 6.42 Å². The summed E-state index contributed by atoms with van der Waals surface area (Å²) in [5.74, 6) is -1.65. The molecule has 0 atom stereocenters. The first-order chi connectivity index (χ1) is 7.16. The van der Waals surface area contributed by atoms with Gasteiger partial charge in [-0.05, 0) is 29.2 Å². The van der Waals surface area contributed by atoms with E-state index in [2.05, 4.69) is 12.1 Å². The maximum atomic E-state index is 9.54. The zero-order chi connectivity index (χ0) is 10.5. The molecule has 2 nitrogen and oxygen atoms in total. The molecule has 15 heavy (non-hydrogen) atoms. The third kappa shape index (κ3) is 1.34. The van der Waals surface area contributed by atoms with Crippen LogP contribution in [-0.2, 0) is 6.42 Å². The Morgan fingerprint density at radius 2 is 1.93 bits per heavy atom. The van der Waals surface area contributed by atoms with Crippen molar-refractivity contribution in [2.75, 3.05) is 0 Å². The minimum atomic E-state index is -1.65.